The second-order valence-electron chi connectivity index (χ2n) is 6.02. The molecule has 2 saturated heterocycles. The maximum absolute atomic E-state index is 12.2. The average molecular weight is 493 g/mol. The smallest absolute Gasteiger partial charge is 0.414 e. The summed E-state index contributed by atoms with van der Waals surface area (Å²) in [5, 5.41) is 1.08. The molecule has 25 heavy (non-hydrogen) atoms. The highest BCUT2D eigenvalue weighted by atomic mass is 127. The molecule has 0 aliphatic carbocycles. The number of thioether (sulfide) groups is 1. The van der Waals surface area contributed by atoms with Crippen molar-refractivity contribution in [1.29, 1.82) is 0 Å². The zero-order chi connectivity index (χ0) is 18.0. The van der Waals surface area contributed by atoms with Crippen molar-refractivity contribution in [3.63, 3.8) is 0 Å². The maximum Gasteiger partial charge on any atom is 0.414 e. The lowest BCUT2D eigenvalue weighted by atomic mass is 10.2. The molecule has 0 radical (unpaired) electrons. The highest BCUT2D eigenvalue weighted by molar-refractivity contribution is 14.1. The molecule has 0 saturated carbocycles. The Labute approximate surface area is 168 Å². The molecule has 0 aromatic heterocycles. The van der Waals surface area contributed by atoms with E-state index in [1.54, 1.807) is 4.90 Å². The van der Waals surface area contributed by atoms with Crippen LogP contribution in [0, 0.1) is 0 Å². The topological polar surface area (TPSA) is 53.1 Å². The highest BCUT2D eigenvalue weighted by Crippen LogP contribution is 2.27. The molecule has 0 N–H and O–H groups in total. The van der Waals surface area contributed by atoms with Gasteiger partial charge in [0.1, 0.15) is 6.10 Å². The van der Waals surface area contributed by atoms with E-state index in [2.05, 4.69) is 20.2 Å². The summed E-state index contributed by atoms with van der Waals surface area (Å²) in [7, 11) is 2.78. The standard InChI is InChI=1S/C16H21IN3O3PS/c1-11(21)20(17)10-13-9-19(16(22)23-13)12-2-3-14(15(24)8-12)18-4-6-25-7-5-18/h2-3,8,13H,4-7,9-10,24H2,1H3/t13-/m1/s1. The van der Waals surface area contributed by atoms with Gasteiger partial charge in [-0.05, 0) is 23.5 Å². The van der Waals surface area contributed by atoms with Crippen LogP contribution in [0.25, 0.3) is 0 Å². The molecule has 2 aliphatic heterocycles. The summed E-state index contributed by atoms with van der Waals surface area (Å²) in [5.74, 6) is 2.25. The number of hydrogen-bond acceptors (Lipinski definition) is 5. The quantitative estimate of drug-likeness (QED) is 0.366. The van der Waals surface area contributed by atoms with Crippen molar-refractivity contribution in [2.75, 3.05) is 47.5 Å². The van der Waals surface area contributed by atoms with Crippen molar-refractivity contribution in [3.05, 3.63) is 18.2 Å². The number of rotatable bonds is 4. The van der Waals surface area contributed by atoms with E-state index in [0.717, 1.165) is 35.6 Å². The molecule has 1 aromatic rings. The van der Waals surface area contributed by atoms with Gasteiger partial charge in [-0.15, -0.1) is 9.24 Å². The van der Waals surface area contributed by atoms with Crippen LogP contribution in [0.4, 0.5) is 16.2 Å². The average Bonchev–Trinajstić information content (AvgIpc) is 2.95. The molecule has 2 amide bonds. The Kier molecular flexibility index (Phi) is 6.33. The molecule has 0 bridgehead atoms. The van der Waals surface area contributed by atoms with E-state index in [4.69, 9.17) is 4.74 Å². The molecule has 6 nitrogen and oxygen atoms in total. The lowest BCUT2D eigenvalue weighted by Crippen LogP contribution is -2.35. The van der Waals surface area contributed by atoms with E-state index < -0.39 is 0 Å². The first-order chi connectivity index (χ1) is 12.0. The number of hydrogen-bond donors (Lipinski definition) is 0. The van der Waals surface area contributed by atoms with Gasteiger partial charge in [0.25, 0.3) is 0 Å². The molecular formula is C16H21IN3O3PS. The Morgan fingerprint density at radius 1 is 1.44 bits per heavy atom. The first-order valence-corrected chi connectivity index (χ1v) is 10.8. The van der Waals surface area contributed by atoms with Crippen molar-refractivity contribution >= 4 is 72.5 Å². The molecule has 136 valence electrons. The zero-order valence-corrected chi connectivity index (χ0v) is 18.1. The van der Waals surface area contributed by atoms with Crippen LogP contribution in [0.5, 0.6) is 0 Å². The van der Waals surface area contributed by atoms with Gasteiger partial charge in [-0.1, -0.05) is 0 Å². The van der Waals surface area contributed by atoms with Crippen LogP contribution in [0.1, 0.15) is 6.92 Å². The summed E-state index contributed by atoms with van der Waals surface area (Å²) < 4.78 is 6.94. The fourth-order valence-corrected chi connectivity index (χ4v) is 4.73. The molecule has 2 atom stereocenters. The normalized spacial score (nSPS) is 20.6. The van der Waals surface area contributed by atoms with Crippen LogP contribution >= 0.6 is 43.9 Å². The third-order valence-corrected chi connectivity index (χ3v) is 6.73. The number of nitrogens with zero attached hydrogens (tertiary/aromatic N) is 3. The second kappa shape index (κ2) is 8.31. The van der Waals surface area contributed by atoms with Crippen molar-refractivity contribution in [2.24, 2.45) is 0 Å². The predicted octanol–water partition coefficient (Wildman–Crippen LogP) is 2.26. The third kappa shape index (κ3) is 4.52. The van der Waals surface area contributed by atoms with E-state index in [1.807, 2.05) is 46.8 Å². The SMILES string of the molecule is CC(=O)N(I)C[C@H]1CN(c2ccc(N3CCSCC3)c(P)c2)C(=O)O1. The maximum atomic E-state index is 12.2. The molecule has 0 spiro atoms. The number of benzene rings is 1. The number of carbonyl (C=O) groups excluding carboxylic acids is 2. The largest absolute Gasteiger partial charge is 0.442 e. The van der Waals surface area contributed by atoms with E-state index in [0.29, 0.717) is 13.1 Å². The van der Waals surface area contributed by atoms with Gasteiger partial charge in [0.2, 0.25) is 5.91 Å². The van der Waals surface area contributed by atoms with Gasteiger partial charge < -0.3 is 9.64 Å². The van der Waals surface area contributed by atoms with E-state index in [1.165, 1.54) is 15.7 Å². The minimum Gasteiger partial charge on any atom is -0.442 e. The summed E-state index contributed by atoms with van der Waals surface area (Å²) in [6.07, 6.45) is -0.662. The summed E-state index contributed by atoms with van der Waals surface area (Å²) in [5.41, 5.74) is 2.03. The molecule has 9 heteroatoms. The van der Waals surface area contributed by atoms with Crippen LogP contribution in [-0.2, 0) is 9.53 Å². The molecule has 2 heterocycles. The number of cyclic esters (lactones) is 1. The Balaban J connectivity index is 1.70. The highest BCUT2D eigenvalue weighted by Gasteiger charge is 2.34. The summed E-state index contributed by atoms with van der Waals surface area (Å²) >= 11 is 3.93. The Morgan fingerprint density at radius 2 is 2.16 bits per heavy atom. The minimum atomic E-state index is -0.357. The van der Waals surface area contributed by atoms with Gasteiger partial charge >= 0.3 is 6.09 Å². The van der Waals surface area contributed by atoms with Gasteiger partial charge in [0, 0.05) is 42.9 Å². The molecule has 2 aliphatic rings. The van der Waals surface area contributed by atoms with Crippen LogP contribution in [0.3, 0.4) is 0 Å². The first kappa shape index (κ1) is 19.0. The van der Waals surface area contributed by atoms with Gasteiger partial charge in [0.15, 0.2) is 0 Å². The molecule has 3 rings (SSSR count). The van der Waals surface area contributed by atoms with Crippen LogP contribution in [0.15, 0.2) is 18.2 Å². The van der Waals surface area contributed by atoms with Crippen molar-refractivity contribution < 1.29 is 14.3 Å². The monoisotopic (exact) mass is 493 g/mol. The molecular weight excluding hydrogens is 472 g/mol. The third-order valence-electron chi connectivity index (χ3n) is 4.25. The Hall–Kier alpha value is -0.730. The van der Waals surface area contributed by atoms with Gasteiger partial charge in [-0.25, -0.2) is 4.79 Å². The molecule has 1 unspecified atom stereocenters. The zero-order valence-electron chi connectivity index (χ0n) is 14.0. The Morgan fingerprint density at radius 3 is 2.80 bits per heavy atom. The van der Waals surface area contributed by atoms with E-state index in [9.17, 15) is 9.59 Å². The lowest BCUT2D eigenvalue weighted by molar-refractivity contribution is -0.123. The van der Waals surface area contributed by atoms with Crippen LogP contribution in [0.2, 0.25) is 0 Å². The van der Waals surface area contributed by atoms with Crippen molar-refractivity contribution in [2.45, 2.75) is 13.0 Å². The van der Waals surface area contributed by atoms with Crippen molar-refractivity contribution in [3.8, 4) is 0 Å². The van der Waals surface area contributed by atoms with Gasteiger partial charge in [-0.3, -0.25) is 12.8 Å². The van der Waals surface area contributed by atoms with Crippen molar-refractivity contribution in [1.82, 2.24) is 3.11 Å². The first-order valence-electron chi connectivity index (χ1n) is 8.10. The van der Waals surface area contributed by atoms with Gasteiger partial charge in [-0.2, -0.15) is 11.8 Å². The number of amides is 2. The minimum absolute atomic E-state index is 0.0496. The number of ether oxygens (including phenoxy) is 1. The van der Waals surface area contributed by atoms with E-state index >= 15 is 0 Å². The number of anilines is 2. The number of halogens is 1. The van der Waals surface area contributed by atoms with Crippen LogP contribution in [-0.4, -0.2) is 58.9 Å². The Bertz CT molecular complexity index is 672. The van der Waals surface area contributed by atoms with Crippen LogP contribution < -0.4 is 15.1 Å². The molecule has 2 fully saturated rings. The summed E-state index contributed by atoms with van der Waals surface area (Å²) in [6.45, 7) is 4.45. The molecule has 1 aromatic carbocycles. The lowest BCUT2D eigenvalue weighted by Gasteiger charge is -2.30. The second-order valence-corrected chi connectivity index (χ2v) is 9.03. The predicted molar refractivity (Wildman–Crippen MR) is 114 cm³/mol. The summed E-state index contributed by atoms with van der Waals surface area (Å²) in [4.78, 5) is 27.6. The van der Waals surface area contributed by atoms with Gasteiger partial charge in [0.05, 0.1) is 36.0 Å². The fraction of sp³-hybridized carbons (Fsp3) is 0.500. The number of carbonyl (C=O) groups is 2. The summed E-state index contributed by atoms with van der Waals surface area (Å²) in [6, 6.07) is 6.06. The fourth-order valence-electron chi connectivity index (χ4n) is 2.94. The van der Waals surface area contributed by atoms with E-state index in [-0.39, 0.29) is 18.1 Å².